The second-order valence-electron chi connectivity index (χ2n) is 5.80. The van der Waals surface area contributed by atoms with Crippen molar-refractivity contribution in [1.82, 2.24) is 14.8 Å². The summed E-state index contributed by atoms with van der Waals surface area (Å²) in [7, 11) is 0. The van der Waals surface area contributed by atoms with Crippen LogP contribution in [0.25, 0.3) is 5.69 Å². The molecule has 25 heavy (non-hydrogen) atoms. The van der Waals surface area contributed by atoms with Crippen LogP contribution in [-0.4, -0.2) is 45.7 Å². The number of benzene rings is 1. The lowest BCUT2D eigenvalue weighted by Gasteiger charge is -2.19. The van der Waals surface area contributed by atoms with Crippen LogP contribution >= 0.6 is 23.4 Å². The lowest BCUT2D eigenvalue weighted by atomic mass is 10.3. The standard InChI is InChI=1S/C17H21ClN4O2S/c1-3-24-15(23)12(2)25-17-20-19-16(21-9-4-5-10-21)22(17)14-8-6-7-13(18)11-14/h6-8,11-12H,3-5,9-10H2,1-2H3. The second-order valence-corrected chi connectivity index (χ2v) is 7.55. The Morgan fingerprint density at radius 1 is 1.36 bits per heavy atom. The molecule has 1 aromatic carbocycles. The van der Waals surface area contributed by atoms with Crippen LogP contribution in [0.15, 0.2) is 29.4 Å². The number of carbonyl (C=O) groups excluding carboxylic acids is 1. The summed E-state index contributed by atoms with van der Waals surface area (Å²) in [5, 5.41) is 9.65. The highest BCUT2D eigenvalue weighted by molar-refractivity contribution is 8.00. The maximum Gasteiger partial charge on any atom is 0.319 e. The van der Waals surface area contributed by atoms with Crippen molar-refractivity contribution in [2.75, 3.05) is 24.6 Å². The number of thioether (sulfide) groups is 1. The van der Waals surface area contributed by atoms with Crippen LogP contribution in [0, 0.1) is 0 Å². The molecule has 0 aliphatic carbocycles. The van der Waals surface area contributed by atoms with E-state index in [0.29, 0.717) is 16.8 Å². The SMILES string of the molecule is CCOC(=O)C(C)Sc1nnc(N2CCCC2)n1-c1cccc(Cl)c1. The molecule has 0 radical (unpaired) electrons. The number of anilines is 1. The van der Waals surface area contributed by atoms with Crippen molar-refractivity contribution in [3.05, 3.63) is 29.3 Å². The van der Waals surface area contributed by atoms with E-state index in [0.717, 1.165) is 37.6 Å². The highest BCUT2D eigenvalue weighted by Crippen LogP contribution is 2.31. The lowest BCUT2D eigenvalue weighted by molar-refractivity contribution is -0.142. The molecule has 1 fully saturated rings. The van der Waals surface area contributed by atoms with Crippen molar-refractivity contribution in [2.24, 2.45) is 0 Å². The van der Waals surface area contributed by atoms with E-state index in [1.165, 1.54) is 11.8 Å². The molecular weight excluding hydrogens is 360 g/mol. The van der Waals surface area contributed by atoms with Crippen LogP contribution in [0.3, 0.4) is 0 Å². The first-order valence-electron chi connectivity index (χ1n) is 8.39. The van der Waals surface area contributed by atoms with Crippen molar-refractivity contribution in [2.45, 2.75) is 37.1 Å². The Hall–Kier alpha value is -1.73. The number of aromatic nitrogens is 3. The highest BCUT2D eigenvalue weighted by Gasteiger charge is 2.25. The van der Waals surface area contributed by atoms with Crippen LogP contribution in [0.5, 0.6) is 0 Å². The Bertz CT molecular complexity index is 746. The third-order valence-corrected chi connectivity index (χ3v) is 5.23. The number of carbonyl (C=O) groups is 1. The van der Waals surface area contributed by atoms with E-state index in [9.17, 15) is 4.79 Å². The number of ether oxygens (including phenoxy) is 1. The van der Waals surface area contributed by atoms with Gasteiger partial charge < -0.3 is 9.64 Å². The minimum atomic E-state index is -0.367. The largest absolute Gasteiger partial charge is 0.465 e. The second kappa shape index (κ2) is 8.10. The van der Waals surface area contributed by atoms with Crippen molar-refractivity contribution in [1.29, 1.82) is 0 Å². The maximum atomic E-state index is 12.0. The third kappa shape index (κ3) is 4.10. The summed E-state index contributed by atoms with van der Waals surface area (Å²) in [5.41, 5.74) is 0.887. The number of hydrogen-bond donors (Lipinski definition) is 0. The fourth-order valence-corrected chi connectivity index (χ4v) is 3.81. The normalized spacial score (nSPS) is 15.4. The Morgan fingerprint density at radius 2 is 2.12 bits per heavy atom. The molecule has 2 heterocycles. The first kappa shape index (κ1) is 18.1. The summed E-state index contributed by atoms with van der Waals surface area (Å²) in [6.45, 7) is 5.89. The molecule has 1 unspecified atom stereocenters. The fraction of sp³-hybridized carbons (Fsp3) is 0.471. The summed E-state index contributed by atoms with van der Waals surface area (Å²) < 4.78 is 7.07. The van der Waals surface area contributed by atoms with Crippen molar-refractivity contribution < 1.29 is 9.53 Å². The molecule has 0 bridgehead atoms. The van der Waals surface area contributed by atoms with E-state index >= 15 is 0 Å². The van der Waals surface area contributed by atoms with Gasteiger partial charge in [0.15, 0.2) is 5.16 Å². The van der Waals surface area contributed by atoms with Gasteiger partial charge in [-0.3, -0.25) is 9.36 Å². The molecule has 1 atom stereocenters. The first-order valence-corrected chi connectivity index (χ1v) is 9.65. The minimum absolute atomic E-state index is 0.254. The van der Waals surface area contributed by atoms with Gasteiger partial charge in [-0.15, -0.1) is 10.2 Å². The van der Waals surface area contributed by atoms with Gasteiger partial charge in [-0.05, 0) is 44.9 Å². The van der Waals surface area contributed by atoms with Gasteiger partial charge in [-0.1, -0.05) is 29.4 Å². The summed E-state index contributed by atoms with van der Waals surface area (Å²) in [6, 6.07) is 7.57. The molecule has 0 amide bonds. The molecule has 6 nitrogen and oxygen atoms in total. The summed E-state index contributed by atoms with van der Waals surface area (Å²) in [4.78, 5) is 14.2. The minimum Gasteiger partial charge on any atom is -0.465 e. The van der Waals surface area contributed by atoms with Crippen molar-refractivity contribution in [3.8, 4) is 5.69 Å². The Balaban J connectivity index is 1.96. The van der Waals surface area contributed by atoms with Crippen LogP contribution in [0.2, 0.25) is 5.02 Å². The lowest BCUT2D eigenvalue weighted by Crippen LogP contribution is -2.22. The predicted octanol–water partition coefficient (Wildman–Crippen LogP) is 3.56. The summed E-state index contributed by atoms with van der Waals surface area (Å²) >= 11 is 7.52. The molecule has 134 valence electrons. The summed E-state index contributed by atoms with van der Waals surface area (Å²) in [6.07, 6.45) is 2.29. The third-order valence-electron chi connectivity index (χ3n) is 3.97. The molecule has 0 saturated carbocycles. The molecule has 3 rings (SSSR count). The number of nitrogens with zero attached hydrogens (tertiary/aromatic N) is 4. The molecular formula is C17H21ClN4O2S. The van der Waals surface area contributed by atoms with Gasteiger partial charge in [0.2, 0.25) is 5.95 Å². The molecule has 2 aromatic rings. The average Bonchev–Trinajstić information content (AvgIpc) is 3.24. The van der Waals surface area contributed by atoms with E-state index in [2.05, 4.69) is 15.1 Å². The van der Waals surface area contributed by atoms with Crippen molar-refractivity contribution >= 4 is 35.3 Å². The number of hydrogen-bond acceptors (Lipinski definition) is 6. The topological polar surface area (TPSA) is 60.2 Å². The molecule has 0 spiro atoms. The van der Waals surface area contributed by atoms with Gasteiger partial charge in [0.25, 0.3) is 0 Å². The Labute approximate surface area is 156 Å². The van der Waals surface area contributed by atoms with E-state index in [1.54, 1.807) is 6.92 Å². The maximum absolute atomic E-state index is 12.0. The van der Waals surface area contributed by atoms with Crippen LogP contribution in [-0.2, 0) is 9.53 Å². The molecule has 1 saturated heterocycles. The van der Waals surface area contributed by atoms with E-state index in [4.69, 9.17) is 16.3 Å². The summed E-state index contributed by atoms with van der Waals surface area (Å²) in [5.74, 6) is 0.536. The van der Waals surface area contributed by atoms with Crippen LogP contribution in [0.4, 0.5) is 5.95 Å². The predicted molar refractivity (Wildman–Crippen MR) is 99.8 cm³/mol. The van der Waals surface area contributed by atoms with E-state index < -0.39 is 0 Å². The van der Waals surface area contributed by atoms with Gasteiger partial charge in [0.1, 0.15) is 5.25 Å². The van der Waals surface area contributed by atoms with Gasteiger partial charge >= 0.3 is 5.97 Å². The van der Waals surface area contributed by atoms with E-state index in [1.807, 2.05) is 35.8 Å². The Kier molecular flexibility index (Phi) is 5.86. The molecule has 8 heteroatoms. The molecule has 1 aromatic heterocycles. The van der Waals surface area contributed by atoms with Gasteiger partial charge in [0.05, 0.1) is 12.3 Å². The smallest absolute Gasteiger partial charge is 0.319 e. The number of esters is 1. The van der Waals surface area contributed by atoms with Gasteiger partial charge in [0, 0.05) is 18.1 Å². The van der Waals surface area contributed by atoms with Crippen LogP contribution < -0.4 is 4.90 Å². The monoisotopic (exact) mass is 380 g/mol. The van der Waals surface area contributed by atoms with Gasteiger partial charge in [-0.2, -0.15) is 0 Å². The zero-order valence-corrected chi connectivity index (χ0v) is 15.9. The molecule has 0 N–H and O–H groups in total. The fourth-order valence-electron chi connectivity index (χ4n) is 2.77. The van der Waals surface area contributed by atoms with Gasteiger partial charge in [-0.25, -0.2) is 0 Å². The highest BCUT2D eigenvalue weighted by atomic mass is 35.5. The average molecular weight is 381 g/mol. The van der Waals surface area contributed by atoms with Crippen LogP contribution in [0.1, 0.15) is 26.7 Å². The van der Waals surface area contributed by atoms with E-state index in [-0.39, 0.29) is 11.2 Å². The Morgan fingerprint density at radius 3 is 2.80 bits per heavy atom. The first-order chi connectivity index (χ1) is 12.1. The quantitative estimate of drug-likeness (QED) is 0.564. The molecule has 1 aliphatic rings. The number of rotatable bonds is 6. The van der Waals surface area contributed by atoms with Crippen molar-refractivity contribution in [3.63, 3.8) is 0 Å². The zero-order valence-electron chi connectivity index (χ0n) is 14.3. The number of halogens is 1. The molecule has 1 aliphatic heterocycles. The zero-order chi connectivity index (χ0) is 17.8.